The fraction of sp³-hybridized carbons (Fsp3) is 0.471. The smallest absolute Gasteiger partial charge is 0.132 e. The van der Waals surface area contributed by atoms with Crippen molar-refractivity contribution in [1.29, 1.82) is 0 Å². The van der Waals surface area contributed by atoms with Gasteiger partial charge in [-0.05, 0) is 42.9 Å². The van der Waals surface area contributed by atoms with E-state index in [1.165, 1.54) is 37.8 Å². The summed E-state index contributed by atoms with van der Waals surface area (Å²) in [5.74, 6) is 1.67. The largest absolute Gasteiger partial charge is 0.370 e. The summed E-state index contributed by atoms with van der Waals surface area (Å²) in [5.41, 5.74) is 2.11. The zero-order chi connectivity index (χ0) is 14.2. The predicted molar refractivity (Wildman–Crippen MR) is 81.7 cm³/mol. The summed E-state index contributed by atoms with van der Waals surface area (Å²) in [6, 6.07) is 7.20. The van der Waals surface area contributed by atoms with Crippen LogP contribution in [-0.4, -0.2) is 16.3 Å². The topological polar surface area (TPSA) is 29.9 Å². The van der Waals surface area contributed by atoms with Gasteiger partial charge in [0.25, 0.3) is 0 Å². The number of halogens is 1. The number of rotatable bonds is 2. The van der Waals surface area contributed by atoms with Crippen LogP contribution in [0.25, 0.3) is 11.1 Å². The first kappa shape index (κ1) is 12.9. The van der Waals surface area contributed by atoms with Crippen molar-refractivity contribution in [3.05, 3.63) is 36.3 Å². The monoisotopic (exact) mass is 285 g/mol. The lowest BCUT2D eigenvalue weighted by atomic mass is 9.94. The first-order valence-electron chi connectivity index (χ1n) is 7.90. The summed E-state index contributed by atoms with van der Waals surface area (Å²) in [6.07, 6.45) is 8.45. The molecule has 1 atom stereocenters. The van der Waals surface area contributed by atoms with Crippen molar-refractivity contribution in [2.75, 3.05) is 11.9 Å². The standard InChI is InChI=1S/C17H20FN3/c18-14-7-5-12(6-8-14)15-11-20-21-16(9-10-19-17(15)21)13-3-1-2-4-13/h5-8,11,13,16,19H,1-4,9-10H2. The molecule has 3 nitrogen and oxygen atoms in total. The lowest BCUT2D eigenvalue weighted by Crippen LogP contribution is -2.28. The summed E-state index contributed by atoms with van der Waals surface area (Å²) in [7, 11) is 0. The van der Waals surface area contributed by atoms with E-state index in [0.717, 1.165) is 35.8 Å². The molecule has 21 heavy (non-hydrogen) atoms. The number of hydrogen-bond donors (Lipinski definition) is 1. The Bertz CT molecular complexity index is 626. The number of nitrogens with one attached hydrogen (secondary N) is 1. The van der Waals surface area contributed by atoms with E-state index in [1.54, 1.807) is 0 Å². The summed E-state index contributed by atoms with van der Waals surface area (Å²) in [5, 5.41) is 8.13. The highest BCUT2D eigenvalue weighted by molar-refractivity contribution is 5.75. The van der Waals surface area contributed by atoms with Crippen LogP contribution in [0.2, 0.25) is 0 Å². The molecule has 1 unspecified atom stereocenters. The van der Waals surface area contributed by atoms with E-state index in [4.69, 9.17) is 0 Å². The minimum absolute atomic E-state index is 0.198. The Morgan fingerprint density at radius 2 is 1.86 bits per heavy atom. The molecule has 1 saturated carbocycles. The molecule has 2 aromatic rings. The molecule has 1 aromatic heterocycles. The average molecular weight is 285 g/mol. The van der Waals surface area contributed by atoms with Gasteiger partial charge in [0.2, 0.25) is 0 Å². The van der Waals surface area contributed by atoms with Gasteiger partial charge in [0, 0.05) is 12.1 Å². The normalized spacial score (nSPS) is 22.0. The molecule has 110 valence electrons. The second-order valence-electron chi connectivity index (χ2n) is 6.19. The summed E-state index contributed by atoms with van der Waals surface area (Å²) in [4.78, 5) is 0. The van der Waals surface area contributed by atoms with Gasteiger partial charge in [0.15, 0.2) is 0 Å². The SMILES string of the molecule is Fc1ccc(-c2cnn3c2NCCC3C2CCCC2)cc1. The van der Waals surface area contributed by atoms with Gasteiger partial charge in [-0.3, -0.25) is 0 Å². The zero-order valence-corrected chi connectivity index (χ0v) is 12.1. The Labute approximate surface area is 124 Å². The van der Waals surface area contributed by atoms with Crippen molar-refractivity contribution in [3.63, 3.8) is 0 Å². The van der Waals surface area contributed by atoms with E-state index in [1.807, 2.05) is 18.3 Å². The Hall–Kier alpha value is -1.84. The van der Waals surface area contributed by atoms with E-state index in [9.17, 15) is 4.39 Å². The Kier molecular flexibility index (Phi) is 3.17. The molecular weight excluding hydrogens is 265 g/mol. The molecule has 0 amide bonds. The maximum absolute atomic E-state index is 13.1. The third-order valence-electron chi connectivity index (χ3n) is 4.94. The van der Waals surface area contributed by atoms with Crippen LogP contribution < -0.4 is 5.32 Å². The van der Waals surface area contributed by atoms with Crippen LogP contribution in [0.4, 0.5) is 10.2 Å². The molecule has 0 saturated heterocycles. The highest BCUT2D eigenvalue weighted by Crippen LogP contribution is 2.41. The van der Waals surface area contributed by atoms with E-state index >= 15 is 0 Å². The summed E-state index contributed by atoms with van der Waals surface area (Å²) in [6.45, 7) is 1.00. The van der Waals surface area contributed by atoms with Gasteiger partial charge in [-0.25, -0.2) is 9.07 Å². The van der Waals surface area contributed by atoms with Gasteiger partial charge in [0.1, 0.15) is 11.6 Å². The van der Waals surface area contributed by atoms with Crippen molar-refractivity contribution >= 4 is 5.82 Å². The molecular formula is C17H20FN3. The van der Waals surface area contributed by atoms with Gasteiger partial charge in [-0.1, -0.05) is 25.0 Å². The summed E-state index contributed by atoms with van der Waals surface area (Å²) < 4.78 is 15.3. The molecule has 1 aromatic carbocycles. The van der Waals surface area contributed by atoms with Crippen LogP contribution in [0, 0.1) is 11.7 Å². The van der Waals surface area contributed by atoms with E-state index < -0.39 is 0 Å². The van der Waals surface area contributed by atoms with Crippen molar-refractivity contribution in [2.45, 2.75) is 38.1 Å². The van der Waals surface area contributed by atoms with Gasteiger partial charge < -0.3 is 5.32 Å². The van der Waals surface area contributed by atoms with Crippen LogP contribution in [0.5, 0.6) is 0 Å². The van der Waals surface area contributed by atoms with Crippen molar-refractivity contribution in [3.8, 4) is 11.1 Å². The second kappa shape index (κ2) is 5.17. The van der Waals surface area contributed by atoms with E-state index in [2.05, 4.69) is 15.1 Å². The van der Waals surface area contributed by atoms with Crippen LogP contribution in [-0.2, 0) is 0 Å². The number of nitrogens with zero attached hydrogens (tertiary/aromatic N) is 2. The minimum Gasteiger partial charge on any atom is -0.370 e. The Balaban J connectivity index is 1.71. The molecule has 4 heteroatoms. The molecule has 2 aliphatic rings. The molecule has 1 aliphatic carbocycles. The third kappa shape index (κ3) is 2.23. The first-order chi connectivity index (χ1) is 10.3. The molecule has 0 bridgehead atoms. The van der Waals surface area contributed by atoms with Crippen LogP contribution in [0.1, 0.15) is 38.1 Å². The van der Waals surface area contributed by atoms with Crippen molar-refractivity contribution in [2.24, 2.45) is 5.92 Å². The van der Waals surface area contributed by atoms with Crippen LogP contribution in [0.15, 0.2) is 30.5 Å². The van der Waals surface area contributed by atoms with E-state index in [0.29, 0.717) is 6.04 Å². The molecule has 1 fully saturated rings. The number of aromatic nitrogens is 2. The minimum atomic E-state index is -0.198. The number of fused-ring (bicyclic) bond motifs is 1. The number of hydrogen-bond acceptors (Lipinski definition) is 2. The van der Waals surface area contributed by atoms with Crippen LogP contribution >= 0.6 is 0 Å². The van der Waals surface area contributed by atoms with Gasteiger partial charge in [0.05, 0.1) is 12.2 Å². The molecule has 1 aliphatic heterocycles. The zero-order valence-electron chi connectivity index (χ0n) is 12.1. The fourth-order valence-corrected chi connectivity index (χ4v) is 3.87. The number of anilines is 1. The lowest BCUT2D eigenvalue weighted by molar-refractivity contribution is 0.290. The Morgan fingerprint density at radius 3 is 2.62 bits per heavy atom. The van der Waals surface area contributed by atoms with Gasteiger partial charge in [-0.15, -0.1) is 0 Å². The second-order valence-corrected chi connectivity index (χ2v) is 6.19. The van der Waals surface area contributed by atoms with Gasteiger partial charge >= 0.3 is 0 Å². The molecule has 0 radical (unpaired) electrons. The highest BCUT2D eigenvalue weighted by Gasteiger charge is 2.31. The van der Waals surface area contributed by atoms with Crippen molar-refractivity contribution in [1.82, 2.24) is 9.78 Å². The molecule has 0 spiro atoms. The third-order valence-corrected chi connectivity index (χ3v) is 4.94. The molecule has 4 rings (SSSR count). The maximum Gasteiger partial charge on any atom is 0.132 e. The quantitative estimate of drug-likeness (QED) is 0.894. The Morgan fingerprint density at radius 1 is 1.10 bits per heavy atom. The predicted octanol–water partition coefficient (Wildman–Crippen LogP) is 4.24. The fourth-order valence-electron chi connectivity index (χ4n) is 3.87. The number of benzene rings is 1. The lowest BCUT2D eigenvalue weighted by Gasteiger charge is -2.30. The average Bonchev–Trinajstić information content (AvgIpc) is 3.17. The summed E-state index contributed by atoms with van der Waals surface area (Å²) >= 11 is 0. The molecule has 1 N–H and O–H groups in total. The highest BCUT2D eigenvalue weighted by atomic mass is 19.1. The van der Waals surface area contributed by atoms with Gasteiger partial charge in [-0.2, -0.15) is 5.10 Å². The van der Waals surface area contributed by atoms with Crippen molar-refractivity contribution < 1.29 is 4.39 Å². The molecule has 2 heterocycles. The van der Waals surface area contributed by atoms with Crippen LogP contribution in [0.3, 0.4) is 0 Å². The van der Waals surface area contributed by atoms with E-state index in [-0.39, 0.29) is 5.82 Å². The first-order valence-corrected chi connectivity index (χ1v) is 7.90. The maximum atomic E-state index is 13.1.